The third-order valence-electron chi connectivity index (χ3n) is 15.2. The zero-order valence-electron chi connectivity index (χ0n) is 31.2. The van der Waals surface area contributed by atoms with E-state index in [1.165, 1.54) is 17.6 Å². The van der Waals surface area contributed by atoms with E-state index in [9.17, 15) is 24.3 Å². The van der Waals surface area contributed by atoms with Gasteiger partial charge in [0.15, 0.2) is 5.78 Å². The molecule has 5 fully saturated rings. The topological polar surface area (TPSA) is 144 Å². The highest BCUT2D eigenvalue weighted by Crippen LogP contribution is 2.71. The molecule has 6 rings (SSSR count). The molecule has 0 aliphatic heterocycles. The number of allylic oxidation sites excluding steroid dienone is 4. The van der Waals surface area contributed by atoms with Crippen LogP contribution in [-0.4, -0.2) is 47.4 Å². The number of carbonyl (C=O) groups is 4. The molecule has 49 heavy (non-hydrogen) atoms. The Morgan fingerprint density at radius 2 is 1.63 bits per heavy atom. The van der Waals surface area contributed by atoms with Gasteiger partial charge in [0, 0.05) is 36.7 Å². The third kappa shape index (κ3) is 6.35. The van der Waals surface area contributed by atoms with Crippen LogP contribution in [0.5, 0.6) is 0 Å². The van der Waals surface area contributed by atoms with E-state index < -0.39 is 17.8 Å². The van der Waals surface area contributed by atoms with Gasteiger partial charge in [-0.15, -0.1) is 0 Å². The van der Waals surface area contributed by atoms with Gasteiger partial charge in [0.25, 0.3) is 0 Å². The van der Waals surface area contributed by atoms with E-state index in [-0.39, 0.29) is 58.4 Å². The van der Waals surface area contributed by atoms with Crippen LogP contribution in [-0.2, 0) is 23.9 Å². The fourth-order valence-corrected chi connectivity index (χ4v) is 12.4. The summed E-state index contributed by atoms with van der Waals surface area (Å²) in [4.78, 5) is 50.4. The lowest BCUT2D eigenvalue weighted by molar-refractivity contribution is -0.192. The van der Waals surface area contributed by atoms with Gasteiger partial charge in [-0.25, -0.2) is 0 Å². The standard InChI is InChI=1S/C40H59NO6.CH4O/c1-23(26(36(45)46)10-11-33(41)44)34(25-8-7-9-25)47-32-15-19-40(6)31(37(32,2)3)14-18-39(5)28-13-17-38(4)16-12-24(22-42)20-29(38)27(28)21-30(43)35(39)40;1-2/h21-24,26,28-29,31-32,35H,7-20H2,1-6H3,(H2,41,44)(H,45,46);2H,1H3. The number of aliphatic carboxylic acids is 1. The number of aliphatic hydroxyl groups excluding tert-OH is 1. The van der Waals surface area contributed by atoms with Crippen molar-refractivity contribution in [3.63, 3.8) is 0 Å². The largest absolute Gasteiger partial charge is 0.494 e. The average molecular weight is 682 g/mol. The van der Waals surface area contributed by atoms with Crippen LogP contribution in [0.4, 0.5) is 0 Å². The fraction of sp³-hybridized carbons (Fsp3) is 0.805. The highest BCUT2D eigenvalue weighted by Gasteiger charge is 2.67. The number of rotatable bonds is 9. The highest BCUT2D eigenvalue weighted by atomic mass is 16.5. The number of aldehydes is 1. The molecule has 8 nitrogen and oxygen atoms in total. The van der Waals surface area contributed by atoms with E-state index in [1.54, 1.807) is 0 Å². The number of aliphatic hydroxyl groups is 1. The molecular formula is C41H63NO7. The second-order valence-corrected chi connectivity index (χ2v) is 18.1. The Labute approximate surface area is 294 Å². The molecule has 0 bridgehead atoms. The van der Waals surface area contributed by atoms with Crippen molar-refractivity contribution in [3.05, 3.63) is 23.0 Å². The Hall–Kier alpha value is -2.48. The molecule has 274 valence electrons. The number of ether oxygens (including phenoxy) is 1. The predicted octanol–water partition coefficient (Wildman–Crippen LogP) is 7.42. The maximum atomic E-state index is 14.5. The van der Waals surface area contributed by atoms with Crippen molar-refractivity contribution in [1.82, 2.24) is 0 Å². The number of carboxylic acid groups (broad SMARTS) is 1. The maximum Gasteiger partial charge on any atom is 0.307 e. The van der Waals surface area contributed by atoms with E-state index >= 15 is 0 Å². The molecule has 11 atom stereocenters. The number of carboxylic acids is 1. The molecule has 8 heteroatoms. The lowest BCUT2D eigenvalue weighted by Crippen LogP contribution is -2.64. The van der Waals surface area contributed by atoms with Gasteiger partial charge < -0.3 is 25.5 Å². The normalized spacial score (nSPS) is 40.2. The molecule has 0 aromatic rings. The summed E-state index contributed by atoms with van der Waals surface area (Å²) in [7, 11) is 1.00. The van der Waals surface area contributed by atoms with Crippen LogP contribution in [0.2, 0.25) is 0 Å². The van der Waals surface area contributed by atoms with Gasteiger partial charge in [0.05, 0.1) is 11.7 Å². The monoisotopic (exact) mass is 681 g/mol. The molecule has 6 aliphatic carbocycles. The number of carbonyl (C=O) groups excluding carboxylic acids is 3. The number of nitrogens with two attached hydrogens (primary N) is 1. The minimum Gasteiger partial charge on any atom is -0.494 e. The minimum atomic E-state index is -0.914. The molecule has 0 radical (unpaired) electrons. The first-order chi connectivity index (χ1) is 23.1. The summed E-state index contributed by atoms with van der Waals surface area (Å²) in [6, 6.07) is 0. The minimum absolute atomic E-state index is 0.0360. The van der Waals surface area contributed by atoms with Crippen molar-refractivity contribution in [1.29, 1.82) is 0 Å². The number of hydrogen-bond donors (Lipinski definition) is 3. The first kappa shape index (κ1) is 37.8. The van der Waals surface area contributed by atoms with E-state index in [1.807, 2.05) is 6.92 Å². The predicted molar refractivity (Wildman–Crippen MR) is 189 cm³/mol. The molecule has 4 N–H and O–H groups in total. The van der Waals surface area contributed by atoms with Crippen molar-refractivity contribution >= 4 is 23.9 Å². The Morgan fingerprint density at radius 3 is 2.22 bits per heavy atom. The van der Waals surface area contributed by atoms with Gasteiger partial charge in [-0.3, -0.25) is 14.4 Å². The first-order valence-corrected chi connectivity index (χ1v) is 19.1. The zero-order valence-corrected chi connectivity index (χ0v) is 31.2. The quantitative estimate of drug-likeness (QED) is 0.170. The number of fused-ring (bicyclic) bond motifs is 7. The second kappa shape index (κ2) is 13.9. The first-order valence-electron chi connectivity index (χ1n) is 19.1. The Bertz CT molecular complexity index is 1380. The average Bonchev–Trinajstić information content (AvgIpc) is 3.00. The lowest BCUT2D eigenvalue weighted by atomic mass is 9.37. The van der Waals surface area contributed by atoms with Gasteiger partial charge in [0.2, 0.25) is 5.91 Å². The molecule has 1 amide bonds. The summed E-state index contributed by atoms with van der Waals surface area (Å²) in [5, 5.41) is 17.1. The highest BCUT2D eigenvalue weighted by molar-refractivity contribution is 5.95. The van der Waals surface area contributed by atoms with Crippen molar-refractivity contribution in [2.24, 2.45) is 68.8 Å². The smallest absolute Gasteiger partial charge is 0.307 e. The number of amides is 1. The summed E-state index contributed by atoms with van der Waals surface area (Å²) in [6.07, 6.45) is 15.4. The van der Waals surface area contributed by atoms with Crippen molar-refractivity contribution < 1.29 is 34.1 Å². The van der Waals surface area contributed by atoms with Crippen molar-refractivity contribution in [2.45, 2.75) is 138 Å². The molecule has 0 spiro atoms. The molecule has 0 aromatic carbocycles. The third-order valence-corrected chi connectivity index (χ3v) is 15.2. The van der Waals surface area contributed by atoms with E-state index in [0.717, 1.165) is 89.8 Å². The SMILES string of the molecule is CC(C(OC1CCC2(C)C(CCC3(C)C4CCC5(C)CCC(C=O)CC5C4=CC(=O)C32)C1(C)C)=C1CCC1)C(CCC(N)=O)C(=O)O.CO. The van der Waals surface area contributed by atoms with Gasteiger partial charge in [-0.1, -0.05) is 47.1 Å². The summed E-state index contributed by atoms with van der Waals surface area (Å²) >= 11 is 0. The molecule has 5 saturated carbocycles. The number of primary amides is 1. The lowest BCUT2D eigenvalue weighted by Gasteiger charge is -2.67. The van der Waals surface area contributed by atoms with Crippen molar-refractivity contribution in [2.75, 3.05) is 7.11 Å². The summed E-state index contributed by atoms with van der Waals surface area (Å²) in [6.45, 7) is 13.8. The molecule has 11 unspecified atom stereocenters. The van der Waals surface area contributed by atoms with Crippen LogP contribution in [0.1, 0.15) is 131 Å². The molecule has 0 aromatic heterocycles. The summed E-state index contributed by atoms with van der Waals surface area (Å²) in [5.41, 5.74) is 7.71. The number of hydrogen-bond acceptors (Lipinski definition) is 6. The Balaban J connectivity index is 0.00000230. The summed E-state index contributed by atoms with van der Waals surface area (Å²) in [5.74, 6) is -0.258. The Morgan fingerprint density at radius 1 is 0.980 bits per heavy atom. The zero-order chi connectivity index (χ0) is 36.1. The van der Waals surface area contributed by atoms with Crippen LogP contribution in [0, 0.1) is 63.1 Å². The second-order valence-electron chi connectivity index (χ2n) is 18.1. The van der Waals surface area contributed by atoms with Crippen LogP contribution in [0.25, 0.3) is 0 Å². The molecular weight excluding hydrogens is 618 g/mol. The van der Waals surface area contributed by atoms with E-state index in [4.69, 9.17) is 15.6 Å². The van der Waals surface area contributed by atoms with Crippen LogP contribution < -0.4 is 5.73 Å². The van der Waals surface area contributed by atoms with Crippen molar-refractivity contribution in [3.8, 4) is 0 Å². The molecule has 0 saturated heterocycles. The van der Waals surface area contributed by atoms with Gasteiger partial charge >= 0.3 is 5.97 Å². The summed E-state index contributed by atoms with van der Waals surface area (Å²) < 4.78 is 7.04. The number of ketones is 1. The maximum absolute atomic E-state index is 14.5. The molecule has 0 heterocycles. The van der Waals surface area contributed by atoms with E-state index in [2.05, 4.69) is 40.7 Å². The Kier molecular flexibility index (Phi) is 10.7. The van der Waals surface area contributed by atoms with Crippen LogP contribution >= 0.6 is 0 Å². The van der Waals surface area contributed by atoms with Gasteiger partial charge in [-0.2, -0.15) is 0 Å². The molecule has 6 aliphatic rings. The van der Waals surface area contributed by atoms with Crippen LogP contribution in [0.3, 0.4) is 0 Å². The van der Waals surface area contributed by atoms with Gasteiger partial charge in [-0.05, 0) is 129 Å². The van der Waals surface area contributed by atoms with E-state index in [0.29, 0.717) is 23.5 Å². The fourth-order valence-electron chi connectivity index (χ4n) is 12.4. The van der Waals surface area contributed by atoms with Gasteiger partial charge in [0.1, 0.15) is 12.4 Å². The van der Waals surface area contributed by atoms with Crippen LogP contribution in [0.15, 0.2) is 23.0 Å².